The second-order valence-electron chi connectivity index (χ2n) is 6.45. The average Bonchev–Trinajstić information content (AvgIpc) is 3.43. The van der Waals surface area contributed by atoms with Crippen molar-refractivity contribution in [2.24, 2.45) is 0 Å². The average molecular weight is 506 g/mol. The van der Waals surface area contributed by atoms with Crippen molar-refractivity contribution < 1.29 is 17.9 Å². The maximum Gasteiger partial charge on any atom is 0.261 e. The van der Waals surface area contributed by atoms with Crippen molar-refractivity contribution in [2.45, 2.75) is 4.90 Å². The van der Waals surface area contributed by atoms with Gasteiger partial charge < -0.3 is 4.74 Å². The van der Waals surface area contributed by atoms with E-state index in [-0.39, 0.29) is 10.8 Å². The van der Waals surface area contributed by atoms with Gasteiger partial charge in [-0.25, -0.2) is 13.4 Å². The fraction of sp³-hybridized carbons (Fsp3) is 0.0476. The Balaban J connectivity index is 1.41. The number of hydrogen-bond donors (Lipinski definition) is 2. The third-order valence-electron chi connectivity index (χ3n) is 4.32. The highest BCUT2D eigenvalue weighted by molar-refractivity contribution is 7.92. The van der Waals surface area contributed by atoms with E-state index in [9.17, 15) is 13.2 Å². The zero-order valence-corrected chi connectivity index (χ0v) is 19.7. The number of nitrogens with zero attached hydrogens (tertiary/aromatic N) is 1. The molecule has 0 spiro atoms. The Labute approximate surface area is 197 Å². The minimum atomic E-state index is -3.76. The molecule has 2 N–H and O–H groups in total. The van der Waals surface area contributed by atoms with Crippen molar-refractivity contribution in [3.8, 4) is 16.3 Å². The van der Waals surface area contributed by atoms with Crippen LogP contribution in [0.4, 0.5) is 10.8 Å². The SMILES string of the molecule is COc1ccc(S(=O)(=O)Nc2ccc(C(=O)Nc3nc(-c4ccc(Cl)s4)cs3)cc2)cc1. The predicted octanol–water partition coefficient (Wildman–Crippen LogP) is 5.59. The first kappa shape index (κ1) is 22.3. The van der Waals surface area contributed by atoms with E-state index in [4.69, 9.17) is 16.3 Å². The third kappa shape index (κ3) is 5.10. The van der Waals surface area contributed by atoms with Gasteiger partial charge in [0.15, 0.2) is 5.13 Å². The number of hydrogen-bond acceptors (Lipinski definition) is 7. The minimum absolute atomic E-state index is 0.103. The van der Waals surface area contributed by atoms with E-state index in [1.54, 1.807) is 18.2 Å². The molecule has 0 aliphatic carbocycles. The second-order valence-corrected chi connectivity index (χ2v) is 10.7. The summed E-state index contributed by atoms with van der Waals surface area (Å²) in [5.74, 6) is 0.213. The molecule has 2 heterocycles. The summed E-state index contributed by atoms with van der Waals surface area (Å²) in [4.78, 5) is 18.0. The fourth-order valence-corrected chi connectivity index (χ4v) is 5.57. The first-order valence-electron chi connectivity index (χ1n) is 9.13. The number of methoxy groups -OCH3 is 1. The van der Waals surface area contributed by atoms with Crippen LogP contribution in [0.2, 0.25) is 4.34 Å². The lowest BCUT2D eigenvalue weighted by atomic mass is 10.2. The number of benzene rings is 2. The third-order valence-corrected chi connectivity index (χ3v) is 7.73. The molecule has 4 rings (SSSR count). The van der Waals surface area contributed by atoms with Crippen LogP contribution in [0.5, 0.6) is 5.75 Å². The molecule has 0 saturated carbocycles. The van der Waals surface area contributed by atoms with Gasteiger partial charge in [-0.05, 0) is 60.7 Å². The number of anilines is 2. The molecule has 0 radical (unpaired) electrons. The van der Waals surface area contributed by atoms with Crippen LogP contribution in [-0.2, 0) is 10.0 Å². The van der Waals surface area contributed by atoms with Crippen LogP contribution in [0.3, 0.4) is 0 Å². The summed E-state index contributed by atoms with van der Waals surface area (Å²) >= 11 is 8.68. The molecule has 0 aliphatic rings. The molecular weight excluding hydrogens is 490 g/mol. The number of amides is 1. The number of sulfonamides is 1. The Hall–Kier alpha value is -2.92. The topological polar surface area (TPSA) is 97.4 Å². The highest BCUT2D eigenvalue weighted by Crippen LogP contribution is 2.33. The molecule has 2 aromatic heterocycles. The molecule has 164 valence electrons. The number of rotatable bonds is 7. The van der Waals surface area contributed by atoms with Gasteiger partial charge in [-0.3, -0.25) is 14.8 Å². The van der Waals surface area contributed by atoms with Crippen molar-refractivity contribution in [2.75, 3.05) is 17.1 Å². The van der Waals surface area contributed by atoms with Crippen molar-refractivity contribution in [3.63, 3.8) is 0 Å². The van der Waals surface area contributed by atoms with Crippen molar-refractivity contribution in [3.05, 3.63) is 75.9 Å². The van der Waals surface area contributed by atoms with Gasteiger partial charge in [-0.2, -0.15) is 0 Å². The van der Waals surface area contributed by atoms with Crippen LogP contribution >= 0.6 is 34.3 Å². The van der Waals surface area contributed by atoms with Gasteiger partial charge >= 0.3 is 0 Å². The number of nitrogens with one attached hydrogen (secondary N) is 2. The molecular formula is C21H16ClN3O4S3. The molecule has 2 aromatic carbocycles. The molecule has 11 heteroatoms. The molecule has 0 aliphatic heterocycles. The lowest BCUT2D eigenvalue weighted by Gasteiger charge is -2.09. The van der Waals surface area contributed by atoms with E-state index < -0.39 is 10.0 Å². The molecule has 32 heavy (non-hydrogen) atoms. The van der Waals surface area contributed by atoms with Crippen molar-refractivity contribution in [1.29, 1.82) is 0 Å². The summed E-state index contributed by atoms with van der Waals surface area (Å²) in [5.41, 5.74) is 1.45. The number of halogens is 1. The maximum atomic E-state index is 12.5. The summed E-state index contributed by atoms with van der Waals surface area (Å²) in [5, 5.41) is 5.05. The Kier molecular flexibility index (Phi) is 6.47. The van der Waals surface area contributed by atoms with Crippen LogP contribution in [0.1, 0.15) is 10.4 Å². The first-order valence-corrected chi connectivity index (χ1v) is 12.7. The lowest BCUT2D eigenvalue weighted by Crippen LogP contribution is -2.14. The summed E-state index contributed by atoms with van der Waals surface area (Å²) in [6.45, 7) is 0. The van der Waals surface area contributed by atoms with Gasteiger partial charge in [-0.1, -0.05) is 11.6 Å². The molecule has 4 aromatic rings. The standard InChI is InChI=1S/C21H16ClN3O4S3/c1-29-15-6-8-16(9-7-15)32(27,28)25-14-4-2-13(3-5-14)20(26)24-21-23-17(12-30-21)18-10-11-19(22)31-18/h2-12,25H,1H3,(H,23,24,26). The quantitative estimate of drug-likeness (QED) is 0.341. The summed E-state index contributed by atoms with van der Waals surface area (Å²) in [6.07, 6.45) is 0. The normalized spacial score (nSPS) is 11.2. The van der Waals surface area contributed by atoms with E-state index in [0.29, 0.717) is 26.5 Å². The zero-order valence-electron chi connectivity index (χ0n) is 16.5. The Morgan fingerprint density at radius 2 is 1.75 bits per heavy atom. The highest BCUT2D eigenvalue weighted by atomic mass is 35.5. The number of aromatic nitrogens is 1. The molecule has 0 saturated heterocycles. The van der Waals surface area contributed by atoms with Crippen LogP contribution in [0.25, 0.3) is 10.6 Å². The number of thiazole rings is 1. The van der Waals surface area contributed by atoms with Crippen LogP contribution < -0.4 is 14.8 Å². The summed E-state index contributed by atoms with van der Waals surface area (Å²) in [7, 11) is -2.26. The Morgan fingerprint density at radius 3 is 2.38 bits per heavy atom. The van der Waals surface area contributed by atoms with Crippen molar-refractivity contribution in [1.82, 2.24) is 4.98 Å². The number of thiophene rings is 1. The van der Waals surface area contributed by atoms with E-state index >= 15 is 0 Å². The number of ether oxygens (including phenoxy) is 1. The maximum absolute atomic E-state index is 12.5. The van der Waals surface area contributed by atoms with Crippen molar-refractivity contribution >= 4 is 61.0 Å². The van der Waals surface area contributed by atoms with E-state index in [1.165, 1.54) is 66.2 Å². The van der Waals surface area contributed by atoms with E-state index in [1.807, 2.05) is 11.4 Å². The minimum Gasteiger partial charge on any atom is -0.497 e. The second kappa shape index (κ2) is 9.29. The molecule has 0 fully saturated rings. The predicted molar refractivity (Wildman–Crippen MR) is 129 cm³/mol. The smallest absolute Gasteiger partial charge is 0.261 e. The van der Waals surface area contributed by atoms with E-state index in [0.717, 1.165) is 10.6 Å². The van der Waals surface area contributed by atoms with Crippen LogP contribution in [-0.4, -0.2) is 26.4 Å². The molecule has 0 unspecified atom stereocenters. The zero-order chi connectivity index (χ0) is 22.7. The molecule has 0 bridgehead atoms. The van der Waals surface area contributed by atoms with Gasteiger partial charge in [0.25, 0.3) is 15.9 Å². The van der Waals surface area contributed by atoms with Gasteiger partial charge in [0.05, 0.1) is 26.9 Å². The fourth-order valence-electron chi connectivity index (χ4n) is 2.72. The van der Waals surface area contributed by atoms with Gasteiger partial charge in [0.2, 0.25) is 0 Å². The monoisotopic (exact) mass is 505 g/mol. The summed E-state index contributed by atoms with van der Waals surface area (Å²) < 4.78 is 33.3. The van der Waals surface area contributed by atoms with Crippen LogP contribution in [0, 0.1) is 0 Å². The van der Waals surface area contributed by atoms with E-state index in [2.05, 4.69) is 15.0 Å². The first-order chi connectivity index (χ1) is 15.3. The van der Waals surface area contributed by atoms with Crippen LogP contribution in [0.15, 0.2) is 70.9 Å². The largest absolute Gasteiger partial charge is 0.497 e. The number of carbonyl (C=O) groups is 1. The van der Waals surface area contributed by atoms with Gasteiger partial charge in [-0.15, -0.1) is 22.7 Å². The van der Waals surface area contributed by atoms with Gasteiger partial charge in [0, 0.05) is 16.6 Å². The summed E-state index contributed by atoms with van der Waals surface area (Å²) in [6, 6.07) is 15.8. The number of carbonyl (C=O) groups excluding carboxylic acids is 1. The Bertz CT molecular complexity index is 1350. The molecule has 7 nitrogen and oxygen atoms in total. The molecule has 1 amide bonds. The highest BCUT2D eigenvalue weighted by Gasteiger charge is 2.15. The Morgan fingerprint density at radius 1 is 1.03 bits per heavy atom. The van der Waals surface area contributed by atoms with Gasteiger partial charge in [0.1, 0.15) is 5.75 Å². The molecule has 0 atom stereocenters. The lowest BCUT2D eigenvalue weighted by molar-refractivity contribution is 0.102.